The maximum Gasteiger partial charge on any atom is 0.180 e. The molecule has 1 aliphatic heterocycles. The largest absolute Gasteiger partial charge is 0.493 e. The molecule has 1 aliphatic rings. The molecule has 0 aliphatic carbocycles. The Bertz CT molecular complexity index is 488. The molecular weight excluding hydrogens is 300 g/mol. The van der Waals surface area contributed by atoms with Crippen LogP contribution in [-0.2, 0) is 6.54 Å². The number of rotatable bonds is 8. The summed E-state index contributed by atoms with van der Waals surface area (Å²) in [6.07, 6.45) is 4.17. The Morgan fingerprint density at radius 3 is 2.86 bits per heavy atom. The van der Waals surface area contributed by atoms with Crippen LogP contribution in [0.4, 0.5) is 0 Å². The highest BCUT2D eigenvalue weighted by Gasteiger charge is 2.14. The highest BCUT2D eigenvalue weighted by atomic mass is 35.5. The molecule has 1 saturated heterocycles. The number of benzene rings is 1. The van der Waals surface area contributed by atoms with Gasteiger partial charge in [-0.2, -0.15) is 0 Å². The average Bonchev–Trinajstić information content (AvgIpc) is 2.54. The Balaban J connectivity index is 1.92. The fraction of sp³-hybridized carbons (Fsp3) is 0.529. The van der Waals surface area contributed by atoms with E-state index >= 15 is 0 Å². The van der Waals surface area contributed by atoms with Crippen LogP contribution in [0.2, 0.25) is 5.02 Å². The Morgan fingerprint density at radius 2 is 2.18 bits per heavy atom. The molecule has 0 saturated carbocycles. The smallest absolute Gasteiger partial charge is 0.180 e. The van der Waals surface area contributed by atoms with Gasteiger partial charge in [0.1, 0.15) is 6.61 Å². The standard InChI is InChI=1S/C17H25ClN2O2/c1-3-8-22-17-15(18)9-14(10-16(17)21-2)12-20-11-13-4-6-19-7-5-13/h3,9-10,13,19-20H,1,4-8,11-12H2,2H3. The third-order valence-corrected chi connectivity index (χ3v) is 4.14. The van der Waals surface area contributed by atoms with Gasteiger partial charge >= 0.3 is 0 Å². The SMILES string of the molecule is C=CCOc1c(Cl)cc(CNCC2CCNCC2)cc1OC. The topological polar surface area (TPSA) is 42.5 Å². The minimum Gasteiger partial charge on any atom is -0.493 e. The molecule has 1 fully saturated rings. The number of piperidine rings is 1. The van der Waals surface area contributed by atoms with Crippen LogP contribution in [0.5, 0.6) is 11.5 Å². The molecule has 2 rings (SSSR count). The van der Waals surface area contributed by atoms with Crippen LogP contribution in [0.25, 0.3) is 0 Å². The molecule has 2 N–H and O–H groups in total. The molecule has 0 atom stereocenters. The minimum absolute atomic E-state index is 0.406. The first kappa shape index (κ1) is 17.1. The molecule has 22 heavy (non-hydrogen) atoms. The van der Waals surface area contributed by atoms with E-state index in [0.717, 1.165) is 37.7 Å². The molecule has 0 unspecified atom stereocenters. The molecule has 1 heterocycles. The normalized spacial score (nSPS) is 15.5. The van der Waals surface area contributed by atoms with Gasteiger partial charge < -0.3 is 20.1 Å². The summed E-state index contributed by atoms with van der Waals surface area (Å²) in [4.78, 5) is 0. The predicted molar refractivity (Wildman–Crippen MR) is 91.0 cm³/mol. The van der Waals surface area contributed by atoms with E-state index in [2.05, 4.69) is 17.2 Å². The van der Waals surface area contributed by atoms with Crippen LogP contribution in [-0.4, -0.2) is 33.4 Å². The zero-order chi connectivity index (χ0) is 15.8. The van der Waals surface area contributed by atoms with E-state index in [0.29, 0.717) is 23.1 Å². The second-order valence-corrected chi connectivity index (χ2v) is 5.94. The lowest BCUT2D eigenvalue weighted by atomic mass is 9.98. The van der Waals surface area contributed by atoms with E-state index in [1.54, 1.807) is 13.2 Å². The summed E-state index contributed by atoms with van der Waals surface area (Å²) in [5, 5.41) is 7.47. The van der Waals surface area contributed by atoms with Crippen molar-refractivity contribution >= 4 is 11.6 Å². The quantitative estimate of drug-likeness (QED) is 0.721. The van der Waals surface area contributed by atoms with Gasteiger partial charge in [0.05, 0.1) is 12.1 Å². The molecule has 1 aromatic rings. The molecule has 4 nitrogen and oxygen atoms in total. The maximum atomic E-state index is 6.30. The second kappa shape index (κ2) is 9.03. The van der Waals surface area contributed by atoms with Gasteiger partial charge in [-0.3, -0.25) is 0 Å². The van der Waals surface area contributed by atoms with Crippen molar-refractivity contribution in [3.63, 3.8) is 0 Å². The van der Waals surface area contributed by atoms with Crippen LogP contribution in [0.15, 0.2) is 24.8 Å². The summed E-state index contributed by atoms with van der Waals surface area (Å²) in [7, 11) is 1.62. The van der Waals surface area contributed by atoms with Gasteiger partial charge in [0.2, 0.25) is 0 Å². The van der Waals surface area contributed by atoms with Gasteiger partial charge in [-0.05, 0) is 56.1 Å². The van der Waals surface area contributed by atoms with E-state index in [1.807, 2.05) is 12.1 Å². The van der Waals surface area contributed by atoms with E-state index in [9.17, 15) is 0 Å². The van der Waals surface area contributed by atoms with Crippen molar-refractivity contribution < 1.29 is 9.47 Å². The van der Waals surface area contributed by atoms with Gasteiger partial charge in [0.15, 0.2) is 11.5 Å². The molecule has 0 spiro atoms. The molecule has 122 valence electrons. The van der Waals surface area contributed by atoms with Crippen molar-refractivity contribution in [1.29, 1.82) is 0 Å². The zero-order valence-electron chi connectivity index (χ0n) is 13.2. The Hall–Kier alpha value is -1.23. The molecular formula is C17H25ClN2O2. The summed E-state index contributed by atoms with van der Waals surface area (Å²) in [6, 6.07) is 3.90. The number of ether oxygens (including phenoxy) is 2. The summed E-state index contributed by atoms with van der Waals surface area (Å²) in [6.45, 7) is 8.12. The van der Waals surface area contributed by atoms with Gasteiger partial charge in [0.25, 0.3) is 0 Å². The lowest BCUT2D eigenvalue weighted by Crippen LogP contribution is -2.33. The highest BCUT2D eigenvalue weighted by molar-refractivity contribution is 6.32. The Kier molecular flexibility index (Phi) is 7.03. The molecule has 0 radical (unpaired) electrons. The van der Waals surface area contributed by atoms with E-state index in [-0.39, 0.29) is 0 Å². The van der Waals surface area contributed by atoms with Crippen molar-refractivity contribution in [3.05, 3.63) is 35.4 Å². The number of hydrogen-bond donors (Lipinski definition) is 2. The van der Waals surface area contributed by atoms with Crippen molar-refractivity contribution in [2.45, 2.75) is 19.4 Å². The van der Waals surface area contributed by atoms with Crippen LogP contribution in [0.1, 0.15) is 18.4 Å². The first-order valence-corrected chi connectivity index (χ1v) is 8.14. The van der Waals surface area contributed by atoms with Gasteiger partial charge in [0, 0.05) is 6.54 Å². The fourth-order valence-electron chi connectivity index (χ4n) is 2.66. The minimum atomic E-state index is 0.406. The van der Waals surface area contributed by atoms with Crippen LogP contribution >= 0.6 is 11.6 Å². The number of methoxy groups -OCH3 is 1. The number of nitrogens with one attached hydrogen (secondary N) is 2. The number of halogens is 1. The van der Waals surface area contributed by atoms with E-state index in [1.165, 1.54) is 12.8 Å². The Labute approximate surface area is 137 Å². The molecule has 0 amide bonds. The monoisotopic (exact) mass is 324 g/mol. The molecule has 0 aromatic heterocycles. The maximum absolute atomic E-state index is 6.30. The third-order valence-electron chi connectivity index (χ3n) is 3.86. The van der Waals surface area contributed by atoms with Gasteiger partial charge in [-0.15, -0.1) is 0 Å². The lowest BCUT2D eigenvalue weighted by Gasteiger charge is -2.23. The summed E-state index contributed by atoms with van der Waals surface area (Å²) < 4.78 is 10.9. The van der Waals surface area contributed by atoms with Crippen LogP contribution < -0.4 is 20.1 Å². The highest BCUT2D eigenvalue weighted by Crippen LogP contribution is 2.36. The fourth-order valence-corrected chi connectivity index (χ4v) is 2.95. The zero-order valence-corrected chi connectivity index (χ0v) is 13.9. The Morgan fingerprint density at radius 1 is 1.41 bits per heavy atom. The lowest BCUT2D eigenvalue weighted by molar-refractivity contribution is 0.326. The molecule has 5 heteroatoms. The van der Waals surface area contributed by atoms with E-state index < -0.39 is 0 Å². The first-order chi connectivity index (χ1) is 10.7. The third kappa shape index (κ3) is 4.90. The molecule has 1 aromatic carbocycles. The second-order valence-electron chi connectivity index (χ2n) is 5.53. The van der Waals surface area contributed by atoms with Crippen LogP contribution in [0, 0.1) is 5.92 Å². The van der Waals surface area contributed by atoms with Crippen molar-refractivity contribution in [2.24, 2.45) is 5.92 Å². The van der Waals surface area contributed by atoms with Gasteiger partial charge in [-0.1, -0.05) is 24.3 Å². The summed E-state index contributed by atoms with van der Waals surface area (Å²) in [5.41, 5.74) is 1.10. The summed E-state index contributed by atoms with van der Waals surface area (Å²) in [5.74, 6) is 1.99. The average molecular weight is 325 g/mol. The van der Waals surface area contributed by atoms with E-state index in [4.69, 9.17) is 21.1 Å². The van der Waals surface area contributed by atoms with Crippen molar-refractivity contribution in [3.8, 4) is 11.5 Å². The van der Waals surface area contributed by atoms with Gasteiger partial charge in [-0.25, -0.2) is 0 Å². The van der Waals surface area contributed by atoms with Crippen molar-refractivity contribution in [1.82, 2.24) is 10.6 Å². The first-order valence-electron chi connectivity index (χ1n) is 7.76. The summed E-state index contributed by atoms with van der Waals surface area (Å²) >= 11 is 6.30. The van der Waals surface area contributed by atoms with Crippen LogP contribution in [0.3, 0.4) is 0 Å². The predicted octanol–water partition coefficient (Wildman–Crippen LogP) is 3.00. The molecule has 0 bridgehead atoms. The van der Waals surface area contributed by atoms with Crippen molar-refractivity contribution in [2.75, 3.05) is 33.4 Å². The number of hydrogen-bond acceptors (Lipinski definition) is 4.